The van der Waals surface area contributed by atoms with Crippen LogP contribution in [0.25, 0.3) is 0 Å². The Kier molecular flexibility index (Phi) is 5.62. The molecule has 0 aliphatic carbocycles. The van der Waals surface area contributed by atoms with Gasteiger partial charge in [-0.3, -0.25) is 14.9 Å². The number of nitrogens with zero attached hydrogens (tertiary/aromatic N) is 4. The monoisotopic (exact) mass is 341 g/mol. The van der Waals surface area contributed by atoms with Crippen LogP contribution in [0.3, 0.4) is 0 Å². The molecule has 0 aliphatic rings. The Labute approximate surface area is 136 Å². The van der Waals surface area contributed by atoms with Crippen molar-refractivity contribution in [2.75, 3.05) is 5.32 Å². The third kappa shape index (κ3) is 4.35. The molecule has 0 saturated heterocycles. The maximum atomic E-state index is 11.9. The van der Waals surface area contributed by atoms with E-state index in [1.807, 2.05) is 0 Å². The van der Waals surface area contributed by atoms with E-state index in [9.17, 15) is 9.59 Å². The molecule has 2 aromatic rings. The number of halogens is 1. The summed E-state index contributed by atoms with van der Waals surface area (Å²) in [7, 11) is 0. The summed E-state index contributed by atoms with van der Waals surface area (Å²) >= 11 is 7.04. The number of nitrogens with one attached hydrogen (secondary N) is 1. The molecule has 7 nitrogen and oxygen atoms in total. The van der Waals surface area contributed by atoms with Crippen LogP contribution in [-0.4, -0.2) is 25.9 Å². The summed E-state index contributed by atoms with van der Waals surface area (Å²) in [6.45, 7) is 3.96. The Hall–Kier alpha value is -1.80. The summed E-state index contributed by atoms with van der Waals surface area (Å²) in [5.74, 6) is -0.0897. The number of carbonyl (C=O) groups is 1. The third-order valence-electron chi connectivity index (χ3n) is 2.96. The first-order chi connectivity index (χ1) is 10.5. The molecule has 22 heavy (non-hydrogen) atoms. The van der Waals surface area contributed by atoms with Gasteiger partial charge in [0.15, 0.2) is 0 Å². The third-order valence-corrected chi connectivity index (χ3v) is 4.23. The molecule has 1 unspecified atom stereocenters. The molecule has 1 atom stereocenters. The highest BCUT2D eigenvalue weighted by Gasteiger charge is 2.14. The molecular formula is C13H16ClN5O2S. The maximum absolute atomic E-state index is 11.9. The average molecular weight is 342 g/mol. The first-order valence-electron chi connectivity index (χ1n) is 6.86. The molecule has 2 rings (SSSR count). The SMILES string of the molecule is CCCC(C)c1nnc(NC(=O)Cn2nc(Cl)ccc2=O)s1. The lowest BCUT2D eigenvalue weighted by Gasteiger charge is -2.04. The molecule has 2 heterocycles. The summed E-state index contributed by atoms with van der Waals surface area (Å²) < 4.78 is 0.999. The molecule has 0 bridgehead atoms. The van der Waals surface area contributed by atoms with Crippen molar-refractivity contribution < 1.29 is 4.79 Å². The van der Waals surface area contributed by atoms with Crippen LogP contribution in [0.15, 0.2) is 16.9 Å². The minimum atomic E-state index is -0.400. The summed E-state index contributed by atoms with van der Waals surface area (Å²) in [5, 5.41) is 15.9. The van der Waals surface area contributed by atoms with Crippen LogP contribution in [0, 0.1) is 0 Å². The largest absolute Gasteiger partial charge is 0.299 e. The van der Waals surface area contributed by atoms with Gasteiger partial charge in [-0.25, -0.2) is 4.68 Å². The van der Waals surface area contributed by atoms with Gasteiger partial charge in [0.05, 0.1) is 0 Å². The predicted octanol–water partition coefficient (Wildman–Crippen LogP) is 2.29. The highest BCUT2D eigenvalue weighted by atomic mass is 35.5. The van der Waals surface area contributed by atoms with Crippen molar-refractivity contribution >= 4 is 34.0 Å². The van der Waals surface area contributed by atoms with Crippen molar-refractivity contribution in [2.45, 2.75) is 39.2 Å². The topological polar surface area (TPSA) is 89.8 Å². The van der Waals surface area contributed by atoms with Gasteiger partial charge in [-0.2, -0.15) is 5.10 Å². The molecule has 0 saturated carbocycles. The Morgan fingerprint density at radius 2 is 2.23 bits per heavy atom. The normalized spacial score (nSPS) is 12.1. The second-order valence-electron chi connectivity index (χ2n) is 4.84. The molecule has 0 spiro atoms. The molecular weight excluding hydrogens is 326 g/mol. The fraction of sp³-hybridized carbons (Fsp3) is 0.462. The number of hydrogen-bond acceptors (Lipinski definition) is 6. The zero-order chi connectivity index (χ0) is 16.1. The van der Waals surface area contributed by atoms with Crippen molar-refractivity contribution in [2.24, 2.45) is 0 Å². The van der Waals surface area contributed by atoms with Crippen molar-refractivity contribution in [1.82, 2.24) is 20.0 Å². The van der Waals surface area contributed by atoms with E-state index in [2.05, 4.69) is 34.5 Å². The van der Waals surface area contributed by atoms with Crippen molar-refractivity contribution in [3.05, 3.63) is 32.6 Å². The standard InChI is InChI=1S/C13H16ClN5O2S/c1-3-4-8(2)12-16-17-13(22-12)15-10(20)7-19-11(21)6-5-9(14)18-19/h5-6,8H,3-4,7H2,1-2H3,(H,15,17,20). The molecule has 0 aliphatic heterocycles. The van der Waals surface area contributed by atoms with Crippen LogP contribution >= 0.6 is 22.9 Å². The Balaban J connectivity index is 2.00. The number of rotatable bonds is 6. The zero-order valence-electron chi connectivity index (χ0n) is 12.2. The van der Waals surface area contributed by atoms with E-state index in [1.165, 1.54) is 23.5 Å². The summed E-state index contributed by atoms with van der Waals surface area (Å²) in [5.41, 5.74) is -0.394. The molecule has 1 amide bonds. The van der Waals surface area contributed by atoms with E-state index in [4.69, 9.17) is 11.6 Å². The first kappa shape index (κ1) is 16.6. The van der Waals surface area contributed by atoms with Crippen molar-refractivity contribution in [3.63, 3.8) is 0 Å². The lowest BCUT2D eigenvalue weighted by Crippen LogP contribution is -2.29. The fourth-order valence-electron chi connectivity index (χ4n) is 1.87. The van der Waals surface area contributed by atoms with E-state index in [0.717, 1.165) is 22.5 Å². The maximum Gasteiger partial charge on any atom is 0.267 e. The van der Waals surface area contributed by atoms with Gasteiger partial charge in [0.25, 0.3) is 5.56 Å². The summed E-state index contributed by atoms with van der Waals surface area (Å²) in [4.78, 5) is 23.5. The summed E-state index contributed by atoms with van der Waals surface area (Å²) in [6.07, 6.45) is 2.08. The van der Waals surface area contributed by atoms with Crippen LogP contribution < -0.4 is 10.9 Å². The van der Waals surface area contributed by atoms with Crippen LogP contribution in [0.5, 0.6) is 0 Å². The lowest BCUT2D eigenvalue weighted by molar-refractivity contribution is -0.117. The van der Waals surface area contributed by atoms with E-state index in [-0.39, 0.29) is 11.7 Å². The Morgan fingerprint density at radius 1 is 1.45 bits per heavy atom. The molecule has 0 radical (unpaired) electrons. The zero-order valence-corrected chi connectivity index (χ0v) is 13.8. The fourth-order valence-corrected chi connectivity index (χ4v) is 2.87. The molecule has 2 aromatic heterocycles. The second kappa shape index (κ2) is 7.46. The van der Waals surface area contributed by atoms with Gasteiger partial charge < -0.3 is 0 Å². The smallest absolute Gasteiger partial charge is 0.267 e. The number of aromatic nitrogens is 4. The quantitative estimate of drug-likeness (QED) is 0.870. The van der Waals surface area contributed by atoms with Gasteiger partial charge in [0.1, 0.15) is 16.7 Å². The summed E-state index contributed by atoms with van der Waals surface area (Å²) in [6, 6.07) is 2.64. The van der Waals surface area contributed by atoms with E-state index < -0.39 is 11.5 Å². The predicted molar refractivity (Wildman–Crippen MR) is 85.4 cm³/mol. The van der Waals surface area contributed by atoms with E-state index in [1.54, 1.807) is 0 Å². The highest BCUT2D eigenvalue weighted by molar-refractivity contribution is 7.15. The number of amides is 1. The van der Waals surface area contributed by atoms with Gasteiger partial charge in [-0.15, -0.1) is 10.2 Å². The number of carbonyl (C=O) groups excluding carboxylic acids is 1. The van der Waals surface area contributed by atoms with Crippen LogP contribution in [0.2, 0.25) is 5.15 Å². The molecule has 118 valence electrons. The van der Waals surface area contributed by atoms with E-state index in [0.29, 0.717) is 11.0 Å². The van der Waals surface area contributed by atoms with Gasteiger partial charge >= 0.3 is 0 Å². The van der Waals surface area contributed by atoms with Gasteiger partial charge in [-0.1, -0.05) is 43.2 Å². The van der Waals surface area contributed by atoms with Gasteiger partial charge in [-0.05, 0) is 12.5 Å². The lowest BCUT2D eigenvalue weighted by atomic mass is 10.1. The first-order valence-corrected chi connectivity index (χ1v) is 8.06. The second-order valence-corrected chi connectivity index (χ2v) is 6.23. The van der Waals surface area contributed by atoms with Crippen molar-refractivity contribution in [1.29, 1.82) is 0 Å². The highest BCUT2D eigenvalue weighted by Crippen LogP contribution is 2.26. The minimum Gasteiger partial charge on any atom is -0.299 e. The number of anilines is 1. The minimum absolute atomic E-state index is 0.152. The molecule has 9 heteroatoms. The molecule has 0 aromatic carbocycles. The molecule has 0 fully saturated rings. The van der Waals surface area contributed by atoms with Crippen LogP contribution in [-0.2, 0) is 11.3 Å². The van der Waals surface area contributed by atoms with E-state index >= 15 is 0 Å². The van der Waals surface area contributed by atoms with Crippen LogP contribution in [0.1, 0.15) is 37.6 Å². The number of hydrogen-bond donors (Lipinski definition) is 1. The molecule has 1 N–H and O–H groups in total. The van der Waals surface area contributed by atoms with Crippen LogP contribution in [0.4, 0.5) is 5.13 Å². The van der Waals surface area contributed by atoms with Gasteiger partial charge in [0, 0.05) is 12.0 Å². The Bertz CT molecular complexity index is 714. The van der Waals surface area contributed by atoms with Crippen molar-refractivity contribution in [3.8, 4) is 0 Å². The average Bonchev–Trinajstić information content (AvgIpc) is 2.91. The Morgan fingerprint density at radius 3 is 2.95 bits per heavy atom. The van der Waals surface area contributed by atoms with Gasteiger partial charge in [0.2, 0.25) is 11.0 Å².